The number of aryl methyl sites for hydroxylation is 2. The van der Waals surface area contributed by atoms with Crippen LogP contribution in [0, 0.1) is 19.8 Å². The SMILES string of the molecule is Cc1ccc(C(O)C2CCCCC2=O)cc1C. The topological polar surface area (TPSA) is 37.3 Å². The minimum atomic E-state index is -0.623. The van der Waals surface area contributed by atoms with Gasteiger partial charge in [-0.2, -0.15) is 0 Å². The van der Waals surface area contributed by atoms with Gasteiger partial charge in [0.1, 0.15) is 5.78 Å². The smallest absolute Gasteiger partial charge is 0.138 e. The Morgan fingerprint density at radius 1 is 1.24 bits per heavy atom. The van der Waals surface area contributed by atoms with Gasteiger partial charge in [0.15, 0.2) is 0 Å². The number of hydrogen-bond acceptors (Lipinski definition) is 2. The number of benzene rings is 1. The van der Waals surface area contributed by atoms with Crippen LogP contribution in [0.5, 0.6) is 0 Å². The van der Waals surface area contributed by atoms with Crippen molar-refractivity contribution in [1.82, 2.24) is 0 Å². The first-order valence-electron chi connectivity index (χ1n) is 6.37. The highest BCUT2D eigenvalue weighted by atomic mass is 16.3. The van der Waals surface area contributed by atoms with Crippen LogP contribution >= 0.6 is 0 Å². The first kappa shape index (κ1) is 12.3. The van der Waals surface area contributed by atoms with Gasteiger partial charge in [-0.1, -0.05) is 24.6 Å². The molecule has 92 valence electrons. The number of carbonyl (C=O) groups excluding carboxylic acids is 1. The van der Waals surface area contributed by atoms with Crippen molar-refractivity contribution in [2.45, 2.75) is 45.6 Å². The average Bonchev–Trinajstić information content (AvgIpc) is 2.32. The third kappa shape index (κ3) is 2.58. The Labute approximate surface area is 103 Å². The zero-order valence-corrected chi connectivity index (χ0v) is 10.6. The fraction of sp³-hybridized carbons (Fsp3) is 0.533. The van der Waals surface area contributed by atoms with Crippen molar-refractivity contribution in [2.24, 2.45) is 5.92 Å². The molecule has 0 amide bonds. The zero-order valence-electron chi connectivity index (χ0n) is 10.6. The van der Waals surface area contributed by atoms with E-state index in [-0.39, 0.29) is 11.7 Å². The standard InChI is InChI=1S/C15H20O2/c1-10-7-8-12(9-11(10)2)15(17)13-5-3-4-6-14(13)16/h7-9,13,15,17H,3-6H2,1-2H3. The van der Waals surface area contributed by atoms with E-state index in [1.165, 1.54) is 11.1 Å². The molecule has 2 nitrogen and oxygen atoms in total. The van der Waals surface area contributed by atoms with Crippen LogP contribution in [0.2, 0.25) is 0 Å². The Morgan fingerprint density at radius 2 is 2.00 bits per heavy atom. The summed E-state index contributed by atoms with van der Waals surface area (Å²) in [6.45, 7) is 4.09. The van der Waals surface area contributed by atoms with E-state index in [2.05, 4.69) is 6.92 Å². The largest absolute Gasteiger partial charge is 0.388 e. The minimum Gasteiger partial charge on any atom is -0.388 e. The van der Waals surface area contributed by atoms with Crippen LogP contribution in [0.25, 0.3) is 0 Å². The lowest BCUT2D eigenvalue weighted by Crippen LogP contribution is -2.25. The van der Waals surface area contributed by atoms with Crippen molar-refractivity contribution in [2.75, 3.05) is 0 Å². The van der Waals surface area contributed by atoms with Gasteiger partial charge < -0.3 is 5.11 Å². The second-order valence-corrected chi connectivity index (χ2v) is 5.11. The summed E-state index contributed by atoms with van der Waals surface area (Å²) in [5.41, 5.74) is 3.27. The Hall–Kier alpha value is -1.15. The van der Waals surface area contributed by atoms with Crippen LogP contribution in [0.15, 0.2) is 18.2 Å². The molecular formula is C15H20O2. The van der Waals surface area contributed by atoms with Gasteiger partial charge in [-0.25, -0.2) is 0 Å². The number of Topliss-reactive ketones (excluding diaryl/α,β-unsaturated/α-hetero) is 1. The van der Waals surface area contributed by atoms with Crippen molar-refractivity contribution in [3.63, 3.8) is 0 Å². The van der Waals surface area contributed by atoms with E-state index in [1.54, 1.807) is 0 Å². The van der Waals surface area contributed by atoms with Gasteiger partial charge in [0, 0.05) is 12.3 Å². The Kier molecular flexibility index (Phi) is 3.63. The summed E-state index contributed by atoms with van der Waals surface area (Å²) in [4.78, 5) is 11.8. The van der Waals surface area contributed by atoms with Gasteiger partial charge in [-0.15, -0.1) is 0 Å². The Bertz CT molecular complexity index is 423. The number of hydrogen-bond donors (Lipinski definition) is 1. The molecule has 0 bridgehead atoms. The quantitative estimate of drug-likeness (QED) is 0.850. The third-order valence-electron chi connectivity index (χ3n) is 3.86. The molecule has 2 unspecified atom stereocenters. The van der Waals surface area contributed by atoms with Gasteiger partial charge in [0.05, 0.1) is 6.10 Å². The van der Waals surface area contributed by atoms with Crippen molar-refractivity contribution in [3.05, 3.63) is 34.9 Å². The summed E-state index contributed by atoms with van der Waals surface area (Å²) in [7, 11) is 0. The van der Waals surface area contributed by atoms with Gasteiger partial charge >= 0.3 is 0 Å². The fourth-order valence-electron chi connectivity index (χ4n) is 2.52. The molecule has 1 saturated carbocycles. The van der Waals surface area contributed by atoms with Gasteiger partial charge in [-0.05, 0) is 43.4 Å². The summed E-state index contributed by atoms with van der Waals surface area (Å²) >= 11 is 0. The van der Waals surface area contributed by atoms with Crippen LogP contribution in [-0.4, -0.2) is 10.9 Å². The summed E-state index contributed by atoms with van der Waals surface area (Å²) in [5, 5.41) is 10.3. The molecule has 2 atom stereocenters. The lowest BCUT2D eigenvalue weighted by molar-refractivity contribution is -0.128. The van der Waals surface area contributed by atoms with Crippen molar-refractivity contribution >= 4 is 5.78 Å². The number of rotatable bonds is 2. The molecule has 0 saturated heterocycles. The highest BCUT2D eigenvalue weighted by Crippen LogP contribution is 2.32. The molecule has 0 aliphatic heterocycles. The molecular weight excluding hydrogens is 212 g/mol. The normalized spacial score (nSPS) is 22.5. The van der Waals surface area contributed by atoms with E-state index in [1.807, 2.05) is 25.1 Å². The summed E-state index contributed by atoms with van der Waals surface area (Å²) in [6.07, 6.45) is 2.87. The first-order valence-corrected chi connectivity index (χ1v) is 6.37. The van der Waals surface area contributed by atoms with E-state index >= 15 is 0 Å². The van der Waals surface area contributed by atoms with E-state index < -0.39 is 6.10 Å². The molecule has 1 aliphatic rings. The molecule has 1 aromatic carbocycles. The second kappa shape index (κ2) is 5.01. The molecule has 0 aromatic heterocycles. The average molecular weight is 232 g/mol. The number of aliphatic hydroxyl groups excluding tert-OH is 1. The Balaban J connectivity index is 2.20. The zero-order chi connectivity index (χ0) is 12.4. The lowest BCUT2D eigenvalue weighted by atomic mass is 9.81. The maximum absolute atomic E-state index is 11.8. The maximum atomic E-state index is 11.8. The highest BCUT2D eigenvalue weighted by molar-refractivity contribution is 5.82. The van der Waals surface area contributed by atoms with Crippen LogP contribution in [-0.2, 0) is 4.79 Å². The number of aliphatic hydroxyl groups is 1. The van der Waals surface area contributed by atoms with E-state index in [4.69, 9.17) is 0 Å². The van der Waals surface area contributed by atoms with Crippen LogP contribution in [0.1, 0.15) is 48.5 Å². The predicted octanol–water partition coefficient (Wildman–Crippen LogP) is 3.10. The summed E-state index contributed by atoms with van der Waals surface area (Å²) in [6, 6.07) is 5.96. The Morgan fingerprint density at radius 3 is 2.65 bits per heavy atom. The highest BCUT2D eigenvalue weighted by Gasteiger charge is 2.29. The summed E-state index contributed by atoms with van der Waals surface area (Å²) in [5.74, 6) is 0.0350. The van der Waals surface area contributed by atoms with E-state index in [0.29, 0.717) is 6.42 Å². The monoisotopic (exact) mass is 232 g/mol. The molecule has 0 radical (unpaired) electrons. The molecule has 0 heterocycles. The van der Waals surface area contributed by atoms with Crippen LogP contribution in [0.4, 0.5) is 0 Å². The molecule has 17 heavy (non-hydrogen) atoms. The lowest BCUT2D eigenvalue weighted by Gasteiger charge is -2.26. The minimum absolute atomic E-state index is 0.189. The van der Waals surface area contributed by atoms with Crippen molar-refractivity contribution < 1.29 is 9.90 Å². The first-order chi connectivity index (χ1) is 8.09. The van der Waals surface area contributed by atoms with E-state index in [9.17, 15) is 9.90 Å². The molecule has 1 N–H and O–H groups in total. The number of ketones is 1. The van der Waals surface area contributed by atoms with Crippen molar-refractivity contribution in [3.8, 4) is 0 Å². The van der Waals surface area contributed by atoms with Gasteiger partial charge in [-0.3, -0.25) is 4.79 Å². The fourth-order valence-corrected chi connectivity index (χ4v) is 2.52. The van der Waals surface area contributed by atoms with Crippen LogP contribution < -0.4 is 0 Å². The molecule has 0 spiro atoms. The molecule has 2 rings (SSSR count). The molecule has 1 aromatic rings. The van der Waals surface area contributed by atoms with Gasteiger partial charge in [0.2, 0.25) is 0 Å². The third-order valence-corrected chi connectivity index (χ3v) is 3.86. The van der Waals surface area contributed by atoms with Crippen LogP contribution in [0.3, 0.4) is 0 Å². The second-order valence-electron chi connectivity index (χ2n) is 5.11. The summed E-state index contributed by atoms with van der Waals surface area (Å²) < 4.78 is 0. The maximum Gasteiger partial charge on any atom is 0.138 e. The molecule has 1 aliphatic carbocycles. The van der Waals surface area contributed by atoms with Crippen molar-refractivity contribution in [1.29, 1.82) is 0 Å². The predicted molar refractivity (Wildman–Crippen MR) is 67.8 cm³/mol. The molecule has 1 fully saturated rings. The molecule has 2 heteroatoms. The van der Waals surface area contributed by atoms with Gasteiger partial charge in [0.25, 0.3) is 0 Å². The van der Waals surface area contributed by atoms with E-state index in [0.717, 1.165) is 24.8 Å². The number of carbonyl (C=O) groups is 1.